The van der Waals surface area contributed by atoms with E-state index in [1.165, 1.54) is 12.8 Å². The van der Waals surface area contributed by atoms with Crippen molar-refractivity contribution in [3.05, 3.63) is 29.8 Å². The van der Waals surface area contributed by atoms with Gasteiger partial charge >= 0.3 is 6.03 Å². The first-order valence-electron chi connectivity index (χ1n) is 10.4. The lowest BCUT2D eigenvalue weighted by molar-refractivity contribution is -0.0122. The number of likely N-dealkylation sites (N-methyl/N-ethyl adjacent to an activating group) is 1. The van der Waals surface area contributed by atoms with Crippen LogP contribution in [0.5, 0.6) is 5.75 Å². The van der Waals surface area contributed by atoms with Crippen molar-refractivity contribution in [1.82, 2.24) is 15.1 Å². The molecule has 6 heteroatoms. The lowest BCUT2D eigenvalue weighted by Crippen LogP contribution is -2.53. The van der Waals surface area contributed by atoms with Gasteiger partial charge in [0, 0.05) is 32.1 Å². The maximum Gasteiger partial charge on any atom is 0.317 e. The molecule has 1 aliphatic rings. The fourth-order valence-electron chi connectivity index (χ4n) is 3.84. The molecule has 6 nitrogen and oxygen atoms in total. The maximum atomic E-state index is 12.6. The molecule has 2 N–H and O–H groups in total. The summed E-state index contributed by atoms with van der Waals surface area (Å²) in [6, 6.07) is 7.87. The second-order valence-electron chi connectivity index (χ2n) is 8.17. The highest BCUT2D eigenvalue weighted by Gasteiger charge is 2.35. The van der Waals surface area contributed by atoms with Crippen molar-refractivity contribution in [3.63, 3.8) is 0 Å². The molecule has 1 atom stereocenters. The van der Waals surface area contributed by atoms with Gasteiger partial charge in [-0.25, -0.2) is 4.79 Å². The lowest BCUT2D eigenvalue weighted by Gasteiger charge is -2.39. The molecule has 0 saturated carbocycles. The first-order chi connectivity index (χ1) is 13.4. The SMILES string of the molecule is CCCCN(C)C[C@H](C)NC(=O)N1CCC(O)(Cc2ccccc2OC)CC1. The van der Waals surface area contributed by atoms with Gasteiger partial charge in [0.25, 0.3) is 0 Å². The number of amides is 2. The molecule has 28 heavy (non-hydrogen) atoms. The average molecular weight is 392 g/mol. The second-order valence-corrected chi connectivity index (χ2v) is 8.17. The van der Waals surface area contributed by atoms with Crippen molar-refractivity contribution in [2.24, 2.45) is 0 Å². The van der Waals surface area contributed by atoms with Gasteiger partial charge in [-0.05, 0) is 51.4 Å². The predicted octanol–water partition coefficient (Wildman–Crippen LogP) is 2.89. The number of hydrogen-bond acceptors (Lipinski definition) is 4. The Morgan fingerprint density at radius 2 is 2.04 bits per heavy atom. The maximum absolute atomic E-state index is 12.6. The third kappa shape index (κ3) is 6.67. The number of rotatable bonds is 9. The Hall–Kier alpha value is -1.79. The molecule has 0 unspecified atom stereocenters. The molecule has 0 bridgehead atoms. The van der Waals surface area contributed by atoms with Gasteiger partial charge in [-0.3, -0.25) is 0 Å². The van der Waals surface area contributed by atoms with E-state index in [4.69, 9.17) is 4.74 Å². The van der Waals surface area contributed by atoms with Crippen LogP contribution < -0.4 is 10.1 Å². The summed E-state index contributed by atoms with van der Waals surface area (Å²) in [7, 11) is 3.74. The van der Waals surface area contributed by atoms with Crippen LogP contribution in [0.3, 0.4) is 0 Å². The van der Waals surface area contributed by atoms with E-state index in [2.05, 4.69) is 24.2 Å². The van der Waals surface area contributed by atoms with Gasteiger partial charge in [0.05, 0.1) is 12.7 Å². The van der Waals surface area contributed by atoms with Crippen LogP contribution in [0.4, 0.5) is 4.79 Å². The van der Waals surface area contributed by atoms with Crippen LogP contribution in [0.1, 0.15) is 45.1 Å². The number of para-hydroxylation sites is 1. The number of nitrogens with one attached hydrogen (secondary N) is 1. The third-order valence-electron chi connectivity index (χ3n) is 5.54. The van der Waals surface area contributed by atoms with Crippen molar-refractivity contribution in [2.45, 2.75) is 57.6 Å². The van der Waals surface area contributed by atoms with Gasteiger partial charge in [0.15, 0.2) is 0 Å². The topological polar surface area (TPSA) is 65.0 Å². The number of likely N-dealkylation sites (tertiary alicyclic amines) is 1. The van der Waals surface area contributed by atoms with Gasteiger partial charge in [0.2, 0.25) is 0 Å². The zero-order valence-corrected chi connectivity index (χ0v) is 17.9. The average Bonchev–Trinajstić information content (AvgIpc) is 2.66. The van der Waals surface area contributed by atoms with E-state index in [1.54, 1.807) is 7.11 Å². The molecule has 1 aliphatic heterocycles. The number of urea groups is 1. The molecule has 2 amide bonds. The highest BCUT2D eigenvalue weighted by Crippen LogP contribution is 2.30. The van der Waals surface area contributed by atoms with E-state index in [-0.39, 0.29) is 12.1 Å². The Labute approximate surface area is 169 Å². The van der Waals surface area contributed by atoms with Crippen molar-refractivity contribution in [3.8, 4) is 5.75 Å². The minimum atomic E-state index is -0.794. The molecule has 0 radical (unpaired) electrons. The van der Waals surface area contributed by atoms with E-state index >= 15 is 0 Å². The fraction of sp³-hybridized carbons (Fsp3) is 0.682. The Morgan fingerprint density at radius 1 is 1.36 bits per heavy atom. The summed E-state index contributed by atoms with van der Waals surface area (Å²) >= 11 is 0. The number of carbonyl (C=O) groups excluding carboxylic acids is 1. The molecule has 0 aromatic heterocycles. The van der Waals surface area contributed by atoms with Crippen molar-refractivity contribution < 1.29 is 14.6 Å². The highest BCUT2D eigenvalue weighted by atomic mass is 16.5. The summed E-state index contributed by atoms with van der Waals surface area (Å²) in [4.78, 5) is 16.6. The van der Waals surface area contributed by atoms with Crippen LogP contribution in [0, 0.1) is 0 Å². The van der Waals surface area contributed by atoms with E-state index in [0.29, 0.717) is 32.4 Å². The Balaban J connectivity index is 1.81. The van der Waals surface area contributed by atoms with E-state index in [1.807, 2.05) is 36.1 Å². The van der Waals surface area contributed by atoms with E-state index in [9.17, 15) is 9.90 Å². The zero-order valence-electron chi connectivity index (χ0n) is 17.9. The molecule has 1 saturated heterocycles. The van der Waals surface area contributed by atoms with Gasteiger partial charge < -0.3 is 25.0 Å². The van der Waals surface area contributed by atoms with Crippen LogP contribution in [0.15, 0.2) is 24.3 Å². The molecule has 158 valence electrons. The van der Waals surface area contributed by atoms with E-state index in [0.717, 1.165) is 24.4 Å². The standard InChI is InChI=1S/C22H37N3O3/c1-5-6-13-24(3)17-18(2)23-21(26)25-14-11-22(27,12-15-25)16-19-9-7-8-10-20(19)28-4/h7-10,18,27H,5-6,11-17H2,1-4H3,(H,23,26)/t18-/m0/s1. The smallest absolute Gasteiger partial charge is 0.317 e. The van der Waals surface area contributed by atoms with Crippen LogP contribution in [0.25, 0.3) is 0 Å². The molecule has 1 aromatic rings. The minimum absolute atomic E-state index is 0.0317. The first-order valence-corrected chi connectivity index (χ1v) is 10.4. The molecular formula is C22H37N3O3. The van der Waals surface area contributed by atoms with Crippen LogP contribution >= 0.6 is 0 Å². The van der Waals surface area contributed by atoms with Gasteiger partial charge in [0.1, 0.15) is 5.75 Å². The summed E-state index contributed by atoms with van der Waals surface area (Å²) in [6.45, 7) is 7.26. The molecule has 2 rings (SSSR count). The summed E-state index contributed by atoms with van der Waals surface area (Å²) in [5.41, 5.74) is 0.214. The fourth-order valence-corrected chi connectivity index (χ4v) is 3.84. The predicted molar refractivity (Wildman–Crippen MR) is 113 cm³/mol. The number of ether oxygens (including phenoxy) is 1. The lowest BCUT2D eigenvalue weighted by atomic mass is 9.85. The van der Waals surface area contributed by atoms with Gasteiger partial charge in [-0.15, -0.1) is 0 Å². The van der Waals surface area contributed by atoms with Crippen LogP contribution in [-0.2, 0) is 6.42 Å². The van der Waals surface area contributed by atoms with Gasteiger partial charge in [-0.1, -0.05) is 31.5 Å². The molecule has 0 aliphatic carbocycles. The summed E-state index contributed by atoms with van der Waals surface area (Å²) < 4.78 is 5.40. The Morgan fingerprint density at radius 3 is 2.68 bits per heavy atom. The number of nitrogens with zero attached hydrogens (tertiary/aromatic N) is 2. The number of carbonyl (C=O) groups is 1. The zero-order chi connectivity index (χ0) is 20.6. The number of piperidine rings is 1. The van der Waals surface area contributed by atoms with Crippen molar-refractivity contribution in [2.75, 3.05) is 40.3 Å². The number of unbranched alkanes of at least 4 members (excludes halogenated alkanes) is 1. The quantitative estimate of drug-likeness (QED) is 0.679. The number of hydrogen-bond donors (Lipinski definition) is 2. The Kier molecular flexibility index (Phi) is 8.58. The summed E-state index contributed by atoms with van der Waals surface area (Å²) in [6.07, 6.45) is 4.04. The van der Waals surface area contributed by atoms with Crippen molar-refractivity contribution in [1.29, 1.82) is 0 Å². The first kappa shape index (κ1) is 22.5. The normalized spacial score (nSPS) is 17.4. The second kappa shape index (κ2) is 10.7. The van der Waals surface area contributed by atoms with Crippen LogP contribution in [-0.4, -0.2) is 72.9 Å². The van der Waals surface area contributed by atoms with E-state index < -0.39 is 5.60 Å². The van der Waals surface area contributed by atoms with Crippen LogP contribution in [0.2, 0.25) is 0 Å². The molecular weight excluding hydrogens is 354 g/mol. The molecule has 1 aromatic carbocycles. The monoisotopic (exact) mass is 391 g/mol. The number of benzene rings is 1. The van der Waals surface area contributed by atoms with Crippen molar-refractivity contribution >= 4 is 6.03 Å². The molecule has 1 heterocycles. The largest absolute Gasteiger partial charge is 0.496 e. The third-order valence-corrected chi connectivity index (χ3v) is 5.54. The highest BCUT2D eigenvalue weighted by molar-refractivity contribution is 5.74. The number of aliphatic hydroxyl groups is 1. The summed E-state index contributed by atoms with van der Waals surface area (Å²) in [5.74, 6) is 0.803. The molecule has 0 spiro atoms. The molecule has 1 fully saturated rings. The number of methoxy groups -OCH3 is 1. The summed E-state index contributed by atoms with van der Waals surface area (Å²) in [5, 5.41) is 14.1. The Bertz CT molecular complexity index is 615. The van der Waals surface area contributed by atoms with Gasteiger partial charge in [-0.2, -0.15) is 0 Å². The minimum Gasteiger partial charge on any atom is -0.496 e.